The van der Waals surface area contributed by atoms with Crippen molar-refractivity contribution in [3.05, 3.63) is 65.2 Å². The molecule has 1 aromatic heterocycles. The Kier molecular flexibility index (Phi) is 8.22. The van der Waals surface area contributed by atoms with E-state index in [1.807, 2.05) is 0 Å². The molecule has 1 heterocycles. The number of rotatable bonds is 6. The highest BCUT2D eigenvalue weighted by atomic mass is 35.6. The molecule has 0 atom stereocenters. The Morgan fingerprint density at radius 2 is 1.65 bits per heavy atom. The highest BCUT2D eigenvalue weighted by molar-refractivity contribution is 6.68. The number of carbonyl (C=O) groups excluding carboxylic acids is 2. The van der Waals surface area contributed by atoms with Crippen LogP contribution in [0.25, 0.3) is 6.08 Å². The molecule has 2 rings (SSSR count). The molecular formula is C20H18Cl3FN2O5. The Labute approximate surface area is 193 Å². The number of carbonyl (C=O) groups is 2. The fraction of sp³-hybridized carbons (Fsp3) is 0.300. The Morgan fingerprint density at radius 3 is 2.16 bits per heavy atom. The average molecular weight is 492 g/mol. The number of esters is 1. The van der Waals surface area contributed by atoms with E-state index in [1.165, 1.54) is 38.4 Å². The van der Waals surface area contributed by atoms with Crippen molar-refractivity contribution in [3.8, 4) is 0 Å². The molecule has 0 fully saturated rings. The Bertz CT molecular complexity index is 958. The molecule has 0 aliphatic carbocycles. The van der Waals surface area contributed by atoms with Crippen molar-refractivity contribution in [2.45, 2.75) is 29.7 Å². The molecule has 0 bridgehead atoms. The summed E-state index contributed by atoms with van der Waals surface area (Å²) in [6.07, 6.45) is 3.31. The molecule has 11 heteroatoms. The van der Waals surface area contributed by atoms with Crippen LogP contribution < -0.4 is 0 Å². The molecule has 0 unspecified atom stereocenters. The van der Waals surface area contributed by atoms with Gasteiger partial charge in [0.05, 0.1) is 7.11 Å². The molecule has 0 saturated heterocycles. The summed E-state index contributed by atoms with van der Waals surface area (Å²) < 4.78 is 25.5. The maximum Gasteiger partial charge on any atom is 0.514 e. The van der Waals surface area contributed by atoms with Crippen molar-refractivity contribution in [1.82, 2.24) is 9.97 Å². The van der Waals surface area contributed by atoms with Gasteiger partial charge in [0, 0.05) is 24.9 Å². The summed E-state index contributed by atoms with van der Waals surface area (Å²) >= 11 is 17.3. The van der Waals surface area contributed by atoms with Gasteiger partial charge in [-0.1, -0.05) is 46.9 Å². The van der Waals surface area contributed by atoms with Crippen LogP contribution in [0.3, 0.4) is 0 Å². The molecule has 0 amide bonds. The van der Waals surface area contributed by atoms with Crippen LogP contribution in [0.1, 0.15) is 30.8 Å². The van der Waals surface area contributed by atoms with Crippen molar-refractivity contribution < 1.29 is 28.2 Å². The maximum atomic E-state index is 13.0. The van der Waals surface area contributed by atoms with Crippen molar-refractivity contribution in [2.75, 3.05) is 7.11 Å². The van der Waals surface area contributed by atoms with Gasteiger partial charge in [0.2, 0.25) is 9.55 Å². The van der Waals surface area contributed by atoms with Gasteiger partial charge in [-0.25, -0.2) is 23.9 Å². The average Bonchev–Trinajstić information content (AvgIpc) is 2.68. The second-order valence-corrected chi connectivity index (χ2v) is 9.00. The molecule has 1 aromatic carbocycles. The zero-order chi connectivity index (χ0) is 23.2. The number of alkyl halides is 3. The molecule has 0 aliphatic heterocycles. The lowest BCUT2D eigenvalue weighted by Gasteiger charge is -2.31. The summed E-state index contributed by atoms with van der Waals surface area (Å²) in [4.78, 5) is 32.2. The summed E-state index contributed by atoms with van der Waals surface area (Å²) in [7, 11) is 1.10. The third kappa shape index (κ3) is 7.34. The largest absolute Gasteiger partial charge is 0.514 e. The molecule has 166 valence electrons. The zero-order valence-corrected chi connectivity index (χ0v) is 19.0. The van der Waals surface area contributed by atoms with Crippen molar-refractivity contribution in [3.63, 3.8) is 0 Å². The fourth-order valence-corrected chi connectivity index (χ4v) is 2.21. The first-order chi connectivity index (χ1) is 14.4. The van der Waals surface area contributed by atoms with Crippen LogP contribution >= 0.6 is 34.8 Å². The molecule has 0 saturated carbocycles. The van der Waals surface area contributed by atoms with Gasteiger partial charge in [0.1, 0.15) is 5.82 Å². The van der Waals surface area contributed by atoms with E-state index in [9.17, 15) is 14.0 Å². The maximum absolute atomic E-state index is 13.0. The van der Waals surface area contributed by atoms with Gasteiger partial charge in [0.15, 0.2) is 11.4 Å². The monoisotopic (exact) mass is 490 g/mol. The fourth-order valence-electron chi connectivity index (χ4n) is 2.09. The molecule has 7 nitrogen and oxygen atoms in total. The first-order valence-corrected chi connectivity index (χ1v) is 9.87. The molecule has 0 spiro atoms. The van der Waals surface area contributed by atoms with Crippen LogP contribution in [0, 0.1) is 5.82 Å². The Balaban J connectivity index is 2.14. The van der Waals surface area contributed by atoms with E-state index in [4.69, 9.17) is 44.3 Å². The van der Waals surface area contributed by atoms with Crippen molar-refractivity contribution >= 4 is 53.0 Å². The van der Waals surface area contributed by atoms with E-state index in [1.54, 1.807) is 12.1 Å². The minimum absolute atomic E-state index is 0.0664. The number of hydrogen-bond acceptors (Lipinski definition) is 7. The SMILES string of the molecule is COC(=O)C(=Cc1ncc(Cc2ccc(F)cc2)cn1)OC(=O)OC(C)(C)C(Cl)(Cl)Cl. The highest BCUT2D eigenvalue weighted by Gasteiger charge is 2.45. The van der Waals surface area contributed by atoms with Gasteiger partial charge < -0.3 is 14.2 Å². The standard InChI is InChI=1S/C20H18Cl3FN2O5/c1-19(2,20(21,22)23)31-18(28)30-15(17(27)29-3)9-16-25-10-13(11-26-16)8-12-4-6-14(24)7-5-12/h4-7,9-11H,8H2,1-3H3. The van der Waals surface area contributed by atoms with Crippen LogP contribution in [0.5, 0.6) is 0 Å². The molecule has 31 heavy (non-hydrogen) atoms. The smallest absolute Gasteiger partial charge is 0.463 e. The van der Waals surface area contributed by atoms with Gasteiger partial charge in [-0.3, -0.25) is 0 Å². The number of nitrogens with zero attached hydrogens (tertiary/aromatic N) is 2. The molecule has 0 N–H and O–H groups in total. The van der Waals surface area contributed by atoms with Gasteiger partial charge >= 0.3 is 12.1 Å². The number of halogens is 4. The van der Waals surface area contributed by atoms with E-state index in [0.29, 0.717) is 6.42 Å². The number of ether oxygens (including phenoxy) is 3. The second-order valence-electron chi connectivity index (χ2n) is 6.72. The minimum atomic E-state index is -1.94. The lowest BCUT2D eigenvalue weighted by atomic mass is 10.1. The first kappa shape index (κ1) is 24.8. The van der Waals surface area contributed by atoms with Crippen LogP contribution in [0.15, 0.2) is 42.4 Å². The third-order valence-electron chi connectivity index (χ3n) is 3.91. The van der Waals surface area contributed by atoms with Crippen LogP contribution in [-0.4, -0.2) is 38.6 Å². The predicted molar refractivity (Wildman–Crippen MR) is 113 cm³/mol. The lowest BCUT2D eigenvalue weighted by Crippen LogP contribution is -2.41. The number of methoxy groups -OCH3 is 1. The van der Waals surface area contributed by atoms with Gasteiger partial charge in [0.25, 0.3) is 0 Å². The number of aromatic nitrogens is 2. The second kappa shape index (κ2) is 10.3. The van der Waals surface area contributed by atoms with E-state index in [0.717, 1.165) is 24.3 Å². The highest BCUT2D eigenvalue weighted by Crippen LogP contribution is 2.40. The zero-order valence-electron chi connectivity index (χ0n) is 16.7. The van der Waals surface area contributed by atoms with Crippen LogP contribution in [0.2, 0.25) is 0 Å². The third-order valence-corrected chi connectivity index (χ3v) is 5.27. The summed E-state index contributed by atoms with van der Waals surface area (Å²) in [6.45, 7) is 2.71. The van der Waals surface area contributed by atoms with Gasteiger partial charge in [-0.05, 0) is 37.1 Å². The van der Waals surface area contributed by atoms with E-state index in [2.05, 4.69) is 14.7 Å². The van der Waals surface area contributed by atoms with E-state index < -0.39 is 27.3 Å². The topological polar surface area (TPSA) is 87.6 Å². The van der Waals surface area contributed by atoms with E-state index >= 15 is 0 Å². The van der Waals surface area contributed by atoms with Gasteiger partial charge in [-0.2, -0.15) is 0 Å². The molecule has 0 aliphatic rings. The van der Waals surface area contributed by atoms with Crippen molar-refractivity contribution in [2.24, 2.45) is 0 Å². The number of hydrogen-bond donors (Lipinski definition) is 0. The Morgan fingerprint density at radius 1 is 1.06 bits per heavy atom. The van der Waals surface area contributed by atoms with Crippen LogP contribution in [0.4, 0.5) is 9.18 Å². The lowest BCUT2D eigenvalue weighted by molar-refractivity contribution is -0.139. The predicted octanol–water partition coefficient (Wildman–Crippen LogP) is 5.02. The van der Waals surface area contributed by atoms with E-state index in [-0.39, 0.29) is 11.6 Å². The van der Waals surface area contributed by atoms with Crippen LogP contribution in [-0.2, 0) is 25.4 Å². The van der Waals surface area contributed by atoms with Gasteiger partial charge in [-0.15, -0.1) is 0 Å². The Hall–Kier alpha value is -2.42. The summed E-state index contributed by atoms with van der Waals surface area (Å²) in [6, 6.07) is 6.01. The quantitative estimate of drug-likeness (QED) is 0.243. The van der Waals surface area contributed by atoms with Crippen molar-refractivity contribution in [1.29, 1.82) is 0 Å². The molecule has 2 aromatic rings. The summed E-state index contributed by atoms with van der Waals surface area (Å²) in [5.74, 6) is -1.76. The number of benzene rings is 1. The minimum Gasteiger partial charge on any atom is -0.463 e. The first-order valence-electron chi connectivity index (χ1n) is 8.74. The summed E-state index contributed by atoms with van der Waals surface area (Å²) in [5, 5.41) is 0. The normalized spacial score (nSPS) is 12.3. The molecule has 0 radical (unpaired) electrons. The summed E-state index contributed by atoms with van der Waals surface area (Å²) in [5.41, 5.74) is 0.0633. The molecular weight excluding hydrogens is 474 g/mol.